The molecule has 1 unspecified atom stereocenters. The molecule has 3 rings (SSSR count). The molecule has 0 aromatic heterocycles. The second-order valence-electron chi connectivity index (χ2n) is 8.47. The van der Waals surface area contributed by atoms with Gasteiger partial charge in [0.05, 0.1) is 24.3 Å². The summed E-state index contributed by atoms with van der Waals surface area (Å²) in [7, 11) is 0. The van der Waals surface area contributed by atoms with Crippen LogP contribution in [0.25, 0.3) is 0 Å². The molecule has 152 valence electrons. The van der Waals surface area contributed by atoms with Gasteiger partial charge in [0.15, 0.2) is 5.70 Å². The van der Waals surface area contributed by atoms with Crippen LogP contribution in [-0.2, 0) is 14.4 Å². The smallest absolute Gasteiger partial charge is 0.357 e. The molecule has 3 heterocycles. The largest absolute Gasteiger partial charge is 0.377 e. The summed E-state index contributed by atoms with van der Waals surface area (Å²) in [5.41, 5.74) is 1.42. The minimum atomic E-state index is -0.511. The van der Waals surface area contributed by atoms with Crippen LogP contribution < -0.4 is 0 Å². The standard InChI is InChI=1S/C21H29N2O3S2/c1-14(24)23(17(25)8-11-22-9-6-7-10-22)16-13-28-12-15(16)18(26)19(27-5)20(23)21(2,3)4/h8,11H,6-7,9-10,12-13H2,1-5H3/q+1/b11-8+. The van der Waals surface area contributed by atoms with Crippen LogP contribution in [0, 0.1) is 5.41 Å². The molecule has 3 aliphatic heterocycles. The summed E-state index contributed by atoms with van der Waals surface area (Å²) in [5, 5.41) is 0. The minimum absolute atomic E-state index is 0.0104. The summed E-state index contributed by atoms with van der Waals surface area (Å²) in [5.74, 6) is 0.578. The van der Waals surface area contributed by atoms with E-state index in [2.05, 4.69) is 4.90 Å². The van der Waals surface area contributed by atoms with Gasteiger partial charge in [0.1, 0.15) is 10.6 Å². The van der Waals surface area contributed by atoms with Crippen molar-refractivity contribution in [3.05, 3.63) is 34.1 Å². The minimum Gasteiger partial charge on any atom is -0.377 e. The summed E-state index contributed by atoms with van der Waals surface area (Å²) in [6.07, 6.45) is 7.48. The van der Waals surface area contributed by atoms with Gasteiger partial charge in [0.2, 0.25) is 5.78 Å². The van der Waals surface area contributed by atoms with Gasteiger partial charge in [-0.1, -0.05) is 20.8 Å². The maximum atomic E-state index is 13.7. The number of ketones is 1. The number of hydrogen-bond donors (Lipinski definition) is 0. The van der Waals surface area contributed by atoms with Crippen LogP contribution in [0.3, 0.4) is 0 Å². The van der Waals surface area contributed by atoms with Crippen molar-refractivity contribution >= 4 is 41.1 Å². The van der Waals surface area contributed by atoms with E-state index in [-0.39, 0.29) is 17.6 Å². The van der Waals surface area contributed by atoms with Crippen molar-refractivity contribution in [2.24, 2.45) is 5.41 Å². The number of rotatable bonds is 3. The van der Waals surface area contributed by atoms with Gasteiger partial charge in [-0.2, -0.15) is 0 Å². The lowest BCUT2D eigenvalue weighted by atomic mass is 9.84. The fourth-order valence-corrected chi connectivity index (χ4v) is 6.51. The maximum absolute atomic E-state index is 13.7. The summed E-state index contributed by atoms with van der Waals surface area (Å²) in [6.45, 7) is 9.29. The summed E-state index contributed by atoms with van der Waals surface area (Å²) < 4.78 is -0.446. The molecule has 5 nitrogen and oxygen atoms in total. The first-order valence-electron chi connectivity index (χ1n) is 9.67. The molecule has 3 aliphatic rings. The normalized spacial score (nSPS) is 25.9. The summed E-state index contributed by atoms with van der Waals surface area (Å²) in [4.78, 5) is 42.8. The van der Waals surface area contributed by atoms with Crippen LogP contribution in [0.5, 0.6) is 0 Å². The second-order valence-corrected chi connectivity index (χ2v) is 10.3. The summed E-state index contributed by atoms with van der Waals surface area (Å²) in [6, 6.07) is 0. The van der Waals surface area contributed by atoms with Gasteiger partial charge in [-0.3, -0.25) is 4.79 Å². The lowest BCUT2D eigenvalue weighted by molar-refractivity contribution is -0.702. The molecule has 7 heteroatoms. The fraction of sp³-hybridized carbons (Fsp3) is 0.571. The van der Waals surface area contributed by atoms with Crippen molar-refractivity contribution in [3.8, 4) is 0 Å². The Labute approximate surface area is 175 Å². The zero-order chi connectivity index (χ0) is 20.7. The third kappa shape index (κ3) is 3.31. The number of thioether (sulfide) groups is 2. The van der Waals surface area contributed by atoms with Gasteiger partial charge in [-0.05, 0) is 19.1 Å². The molecule has 2 amide bonds. The molecule has 0 aromatic carbocycles. The second kappa shape index (κ2) is 7.84. The van der Waals surface area contributed by atoms with Crippen LogP contribution in [-0.4, -0.2) is 57.8 Å². The van der Waals surface area contributed by atoms with E-state index >= 15 is 0 Å². The number of Topliss-reactive ketones (excluding diaryl/α,β-unsaturated/α-hetero) is 1. The zero-order valence-electron chi connectivity index (χ0n) is 17.3. The number of quaternary nitrogens is 1. The van der Waals surface area contributed by atoms with E-state index in [4.69, 9.17) is 0 Å². The first-order chi connectivity index (χ1) is 13.2. The summed E-state index contributed by atoms with van der Waals surface area (Å²) >= 11 is 2.95. The SMILES string of the molecule is CSC1=C(C(C)(C)C)[N+](C(C)=O)(C(=O)/C=C/N2CCCC2)C2=C(CSC2)C1=O. The molecule has 0 saturated carbocycles. The van der Waals surface area contributed by atoms with E-state index in [1.807, 2.05) is 33.2 Å². The maximum Gasteiger partial charge on any atom is 0.357 e. The Balaban J connectivity index is 2.24. The van der Waals surface area contributed by atoms with Crippen molar-refractivity contribution in [2.75, 3.05) is 30.9 Å². The molecule has 1 atom stereocenters. The van der Waals surface area contributed by atoms with Gasteiger partial charge < -0.3 is 4.90 Å². The van der Waals surface area contributed by atoms with Gasteiger partial charge in [0, 0.05) is 30.5 Å². The number of carbonyl (C=O) groups excluding carboxylic acids is 3. The predicted molar refractivity (Wildman–Crippen MR) is 115 cm³/mol. The van der Waals surface area contributed by atoms with Crippen LogP contribution in [0.2, 0.25) is 0 Å². The molecule has 0 bridgehead atoms. The first kappa shape index (κ1) is 21.4. The van der Waals surface area contributed by atoms with Crippen molar-refractivity contribution in [2.45, 2.75) is 40.5 Å². The molecule has 0 aliphatic carbocycles. The third-order valence-corrected chi connectivity index (χ3v) is 7.31. The highest BCUT2D eigenvalue weighted by Crippen LogP contribution is 2.51. The number of imide groups is 1. The average molecular weight is 422 g/mol. The van der Waals surface area contributed by atoms with Crippen molar-refractivity contribution in [3.63, 3.8) is 0 Å². The molecular weight excluding hydrogens is 392 g/mol. The Morgan fingerprint density at radius 2 is 1.82 bits per heavy atom. The first-order valence-corrected chi connectivity index (χ1v) is 12.0. The van der Waals surface area contributed by atoms with Crippen molar-refractivity contribution in [1.29, 1.82) is 0 Å². The van der Waals surface area contributed by atoms with E-state index in [1.165, 1.54) is 18.7 Å². The third-order valence-electron chi connectivity index (χ3n) is 5.56. The Bertz CT molecular complexity index is 814. The molecule has 0 spiro atoms. The van der Waals surface area contributed by atoms with E-state index in [0.717, 1.165) is 25.9 Å². The molecule has 0 radical (unpaired) electrons. The lowest BCUT2D eigenvalue weighted by Gasteiger charge is -2.42. The number of nitrogens with zero attached hydrogens (tertiary/aromatic N) is 2. The zero-order valence-corrected chi connectivity index (χ0v) is 19.0. The van der Waals surface area contributed by atoms with Gasteiger partial charge in [-0.15, -0.1) is 28.0 Å². The van der Waals surface area contributed by atoms with Crippen molar-refractivity contribution in [1.82, 2.24) is 4.90 Å². The highest BCUT2D eigenvalue weighted by atomic mass is 32.2. The predicted octanol–water partition coefficient (Wildman–Crippen LogP) is 3.69. The Kier molecular flexibility index (Phi) is 5.99. The van der Waals surface area contributed by atoms with Crippen LogP contribution in [0.4, 0.5) is 0 Å². The number of carbonyl (C=O) groups is 3. The van der Waals surface area contributed by atoms with E-state index in [0.29, 0.717) is 33.4 Å². The Hall–Kier alpha value is -1.31. The van der Waals surface area contributed by atoms with Crippen LogP contribution in [0.1, 0.15) is 40.5 Å². The van der Waals surface area contributed by atoms with Crippen molar-refractivity contribution < 1.29 is 18.9 Å². The van der Waals surface area contributed by atoms with Gasteiger partial charge in [0.25, 0.3) is 0 Å². The van der Waals surface area contributed by atoms with E-state index < -0.39 is 9.90 Å². The average Bonchev–Trinajstić information content (AvgIpc) is 3.30. The number of allylic oxidation sites excluding steroid dienone is 2. The molecule has 28 heavy (non-hydrogen) atoms. The fourth-order valence-electron chi connectivity index (χ4n) is 4.40. The van der Waals surface area contributed by atoms with E-state index in [9.17, 15) is 14.4 Å². The number of likely N-dealkylation sites (tertiary alicyclic amines) is 1. The number of amides is 2. The molecule has 1 saturated heterocycles. The molecule has 0 aromatic rings. The molecule has 0 N–H and O–H groups in total. The Morgan fingerprint density at radius 3 is 2.36 bits per heavy atom. The topological polar surface area (TPSA) is 54.5 Å². The number of hydrogen-bond acceptors (Lipinski definition) is 6. The van der Waals surface area contributed by atoms with Gasteiger partial charge >= 0.3 is 11.8 Å². The highest BCUT2D eigenvalue weighted by Gasteiger charge is 2.59. The monoisotopic (exact) mass is 421 g/mol. The van der Waals surface area contributed by atoms with Gasteiger partial charge in [-0.25, -0.2) is 9.59 Å². The Morgan fingerprint density at radius 1 is 1.18 bits per heavy atom. The highest BCUT2D eigenvalue weighted by molar-refractivity contribution is 8.03. The quantitative estimate of drug-likeness (QED) is 0.512. The molecule has 1 fully saturated rings. The van der Waals surface area contributed by atoms with Crippen LogP contribution >= 0.6 is 23.5 Å². The van der Waals surface area contributed by atoms with Crippen LogP contribution in [0.15, 0.2) is 34.1 Å². The molecular formula is C21H29N2O3S2+. The van der Waals surface area contributed by atoms with E-state index in [1.54, 1.807) is 17.8 Å². The lowest BCUT2D eigenvalue weighted by Crippen LogP contribution is -2.59.